The van der Waals surface area contributed by atoms with Gasteiger partial charge in [-0.1, -0.05) is 37.6 Å². The smallest absolute Gasteiger partial charge is 0.425 e. The van der Waals surface area contributed by atoms with Crippen molar-refractivity contribution in [2.75, 3.05) is 25.0 Å². The van der Waals surface area contributed by atoms with Crippen LogP contribution in [0.25, 0.3) is 0 Å². The van der Waals surface area contributed by atoms with Crippen LogP contribution in [0.2, 0.25) is 0 Å². The van der Waals surface area contributed by atoms with Crippen molar-refractivity contribution in [2.45, 2.75) is 52.4 Å². The molecule has 1 aromatic heterocycles. The molecule has 3 aliphatic rings. The van der Waals surface area contributed by atoms with Gasteiger partial charge in [0.15, 0.2) is 6.10 Å². The molecule has 7 nitrogen and oxygen atoms in total. The number of halogens is 3. The summed E-state index contributed by atoms with van der Waals surface area (Å²) in [5.41, 5.74) is 1.29. The Morgan fingerprint density at radius 3 is 2.71 bits per heavy atom. The van der Waals surface area contributed by atoms with Gasteiger partial charge in [0.1, 0.15) is 5.76 Å². The summed E-state index contributed by atoms with van der Waals surface area (Å²) in [6, 6.07) is 2.12. The number of nitrogens with zero attached hydrogens (tertiary/aromatic N) is 4. The molecule has 2 unspecified atom stereocenters. The molecule has 1 saturated carbocycles. The summed E-state index contributed by atoms with van der Waals surface area (Å²) in [6.07, 6.45) is -0.288. The van der Waals surface area contributed by atoms with Crippen LogP contribution in [-0.2, 0) is 4.74 Å². The van der Waals surface area contributed by atoms with E-state index in [-0.39, 0.29) is 17.7 Å². The zero-order valence-electron chi connectivity index (χ0n) is 20.1. The Labute approximate surface area is 197 Å². The SMILES string of the molecule is CC[C@@H]1C2CN(c3cc(C)no3)C[C@H]2[C@@H]1NC(=N/C)/N=C1/C(O[C@H](C)C(F)(F)F)=CC=CC1C. The van der Waals surface area contributed by atoms with Gasteiger partial charge in [-0.05, 0) is 31.8 Å². The van der Waals surface area contributed by atoms with E-state index in [4.69, 9.17) is 9.26 Å². The Hall–Kier alpha value is -2.78. The first-order chi connectivity index (χ1) is 16.1. The third-order valence-electron chi connectivity index (χ3n) is 7.11. The second kappa shape index (κ2) is 9.46. The monoisotopic (exact) mass is 479 g/mol. The Kier molecular flexibility index (Phi) is 6.78. The molecule has 34 heavy (non-hydrogen) atoms. The molecule has 186 valence electrons. The van der Waals surface area contributed by atoms with Gasteiger partial charge in [0, 0.05) is 44.1 Å². The van der Waals surface area contributed by atoms with Crippen LogP contribution in [0.3, 0.4) is 0 Å². The Bertz CT molecular complexity index is 1010. The summed E-state index contributed by atoms with van der Waals surface area (Å²) in [7, 11) is 1.63. The number of aliphatic imine (C=N–C) groups is 2. The maximum absolute atomic E-state index is 13.1. The lowest BCUT2D eigenvalue weighted by molar-refractivity contribution is -0.201. The van der Waals surface area contributed by atoms with E-state index in [1.165, 1.54) is 6.08 Å². The van der Waals surface area contributed by atoms with E-state index in [1.54, 1.807) is 13.1 Å². The fourth-order valence-corrected chi connectivity index (χ4v) is 5.21. The largest absolute Gasteiger partial charge is 0.479 e. The lowest BCUT2D eigenvalue weighted by Gasteiger charge is -2.48. The number of aromatic nitrogens is 1. The van der Waals surface area contributed by atoms with Crippen molar-refractivity contribution < 1.29 is 22.4 Å². The number of hydrogen-bond donors (Lipinski definition) is 1. The third kappa shape index (κ3) is 4.72. The third-order valence-corrected chi connectivity index (χ3v) is 7.11. The number of hydrogen-bond acceptors (Lipinski definition) is 5. The summed E-state index contributed by atoms with van der Waals surface area (Å²) in [4.78, 5) is 11.2. The molecule has 0 bridgehead atoms. The van der Waals surface area contributed by atoms with Crippen LogP contribution in [-0.4, -0.2) is 55.3 Å². The van der Waals surface area contributed by atoms with Gasteiger partial charge in [0.05, 0.1) is 11.4 Å². The first-order valence-corrected chi connectivity index (χ1v) is 11.7. The molecule has 1 aliphatic heterocycles. The van der Waals surface area contributed by atoms with Crippen LogP contribution in [0.15, 0.2) is 44.6 Å². The van der Waals surface area contributed by atoms with E-state index >= 15 is 0 Å². The van der Waals surface area contributed by atoms with Crippen molar-refractivity contribution >= 4 is 17.6 Å². The zero-order valence-corrected chi connectivity index (χ0v) is 20.1. The molecular formula is C24H32F3N5O2. The van der Waals surface area contributed by atoms with Gasteiger partial charge in [0.25, 0.3) is 0 Å². The molecule has 0 radical (unpaired) electrons. The summed E-state index contributed by atoms with van der Waals surface area (Å²) in [5.74, 6) is 2.48. The number of anilines is 1. The maximum atomic E-state index is 13.1. The Balaban J connectivity index is 1.49. The molecule has 2 fully saturated rings. The van der Waals surface area contributed by atoms with Crippen molar-refractivity contribution in [3.8, 4) is 0 Å². The molecule has 1 aromatic rings. The van der Waals surface area contributed by atoms with Crippen molar-refractivity contribution in [2.24, 2.45) is 33.7 Å². The van der Waals surface area contributed by atoms with Gasteiger partial charge in [0.2, 0.25) is 11.8 Å². The minimum Gasteiger partial charge on any atom is -0.479 e. The van der Waals surface area contributed by atoms with Crippen molar-refractivity contribution in [1.29, 1.82) is 0 Å². The van der Waals surface area contributed by atoms with Gasteiger partial charge >= 0.3 is 6.18 Å². The van der Waals surface area contributed by atoms with E-state index < -0.39 is 12.3 Å². The quantitative estimate of drug-likeness (QED) is 0.497. The van der Waals surface area contributed by atoms with Crippen LogP contribution < -0.4 is 10.2 Å². The van der Waals surface area contributed by atoms with Gasteiger partial charge in [-0.25, -0.2) is 4.99 Å². The lowest BCUT2D eigenvalue weighted by atomic mass is 9.61. The molecule has 0 spiro atoms. The molecule has 0 aromatic carbocycles. The number of aryl methyl sites for hydroxylation is 1. The van der Waals surface area contributed by atoms with Crippen molar-refractivity contribution in [3.63, 3.8) is 0 Å². The highest BCUT2D eigenvalue weighted by Crippen LogP contribution is 2.48. The first-order valence-electron chi connectivity index (χ1n) is 11.7. The summed E-state index contributed by atoms with van der Waals surface area (Å²) >= 11 is 0. The second-order valence-electron chi connectivity index (χ2n) is 9.33. The fraction of sp³-hybridized carbons (Fsp3) is 0.625. The topological polar surface area (TPSA) is 75.3 Å². The number of nitrogens with one attached hydrogen (secondary N) is 1. The predicted octanol–water partition coefficient (Wildman–Crippen LogP) is 4.52. The number of rotatable bonds is 5. The molecule has 2 heterocycles. The number of allylic oxidation sites excluding steroid dienone is 4. The molecular weight excluding hydrogens is 447 g/mol. The molecule has 4 rings (SSSR count). The standard InChI is InChI=1S/C24H32F3N5O2/c1-6-16-17-11-32(20-10-14(3)31-34-20)12-18(17)22(16)30-23(28-5)29-21-13(2)8-7-9-19(21)33-15(4)24(25,26)27/h7-10,13,15-18,22H,6,11-12H2,1-5H3,(H,28,30)/b29-21+/t13?,15-,16-,17?,18-,22-/m1/s1. The number of guanidine groups is 1. The molecule has 6 atom stereocenters. The number of fused-ring (bicyclic) bond motifs is 1. The first kappa shape index (κ1) is 24.3. The lowest BCUT2D eigenvalue weighted by Crippen LogP contribution is -2.59. The van der Waals surface area contributed by atoms with E-state index in [2.05, 4.69) is 32.3 Å². The second-order valence-corrected chi connectivity index (χ2v) is 9.33. The van der Waals surface area contributed by atoms with Gasteiger partial charge in [-0.3, -0.25) is 4.99 Å². The summed E-state index contributed by atoms with van der Waals surface area (Å²) in [5, 5.41) is 7.49. The minimum atomic E-state index is -4.46. The average Bonchev–Trinajstić information content (AvgIpc) is 3.37. The van der Waals surface area contributed by atoms with E-state index in [1.807, 2.05) is 26.0 Å². The maximum Gasteiger partial charge on any atom is 0.425 e. The number of ether oxygens (including phenoxy) is 1. The van der Waals surface area contributed by atoms with Crippen LogP contribution >= 0.6 is 0 Å². The highest BCUT2D eigenvalue weighted by atomic mass is 19.4. The van der Waals surface area contributed by atoms with E-state index in [0.717, 1.165) is 38.0 Å². The number of alkyl halides is 3. The predicted molar refractivity (Wildman–Crippen MR) is 125 cm³/mol. The highest BCUT2D eigenvalue weighted by Gasteiger charge is 2.54. The molecule has 2 aliphatic carbocycles. The van der Waals surface area contributed by atoms with Crippen LogP contribution in [0.1, 0.15) is 32.9 Å². The molecule has 10 heteroatoms. The minimum absolute atomic E-state index is 0.119. The van der Waals surface area contributed by atoms with Crippen LogP contribution in [0, 0.1) is 30.6 Å². The molecule has 1 saturated heterocycles. The highest BCUT2D eigenvalue weighted by molar-refractivity contribution is 6.08. The normalized spacial score (nSPS) is 31.2. The zero-order chi connectivity index (χ0) is 24.6. The Morgan fingerprint density at radius 2 is 2.09 bits per heavy atom. The average molecular weight is 480 g/mol. The summed E-state index contributed by atoms with van der Waals surface area (Å²) in [6.45, 7) is 8.71. The van der Waals surface area contributed by atoms with Gasteiger partial charge in [-0.2, -0.15) is 13.2 Å². The molecule has 0 amide bonds. The molecule has 1 N–H and O–H groups in total. The van der Waals surface area contributed by atoms with Crippen LogP contribution in [0.5, 0.6) is 0 Å². The van der Waals surface area contributed by atoms with E-state index in [9.17, 15) is 13.2 Å². The van der Waals surface area contributed by atoms with Crippen LogP contribution in [0.4, 0.5) is 19.1 Å². The van der Waals surface area contributed by atoms with Gasteiger partial charge in [-0.15, -0.1) is 0 Å². The Morgan fingerprint density at radius 1 is 1.35 bits per heavy atom. The van der Waals surface area contributed by atoms with Crippen molar-refractivity contribution in [3.05, 3.63) is 35.7 Å². The van der Waals surface area contributed by atoms with Crippen molar-refractivity contribution in [1.82, 2.24) is 10.5 Å². The van der Waals surface area contributed by atoms with E-state index in [0.29, 0.717) is 29.4 Å². The summed E-state index contributed by atoms with van der Waals surface area (Å²) < 4.78 is 50.0. The fourth-order valence-electron chi connectivity index (χ4n) is 5.21. The van der Waals surface area contributed by atoms with Gasteiger partial charge < -0.3 is 19.5 Å².